The van der Waals surface area contributed by atoms with Crippen LogP contribution in [-0.4, -0.2) is 0 Å². The quantitative estimate of drug-likeness (QED) is 0.138. The second-order valence-corrected chi connectivity index (χ2v) is 18.4. The van der Waals surface area contributed by atoms with Crippen LogP contribution in [0.5, 0.6) is 0 Å². The van der Waals surface area contributed by atoms with Crippen molar-refractivity contribution in [2.45, 2.75) is 31.6 Å². The Kier molecular flexibility index (Phi) is 9.19. The molecule has 314 valence electrons. The van der Waals surface area contributed by atoms with Gasteiger partial charge in [-0.05, 0) is 150 Å². The Morgan fingerprint density at radius 2 is 0.939 bits per heavy atom. The van der Waals surface area contributed by atoms with Gasteiger partial charge in [-0.2, -0.15) is 0 Å². The van der Waals surface area contributed by atoms with Gasteiger partial charge in [0.2, 0.25) is 0 Å². The van der Waals surface area contributed by atoms with E-state index in [1.807, 2.05) is 6.08 Å². The number of hydrogen-bond donors (Lipinski definition) is 0. The molecule has 9 aromatic carbocycles. The van der Waals surface area contributed by atoms with Gasteiger partial charge in [-0.15, -0.1) is 0 Å². The Balaban J connectivity index is 1.01. The number of hydrogen-bond acceptors (Lipinski definition) is 1. The highest BCUT2D eigenvalue weighted by molar-refractivity contribution is 6.00. The number of allylic oxidation sites excluding steroid dienone is 5. The van der Waals surface area contributed by atoms with E-state index in [4.69, 9.17) is 0 Å². The molecule has 0 aliphatic heterocycles. The van der Waals surface area contributed by atoms with Crippen LogP contribution in [0.15, 0.2) is 237 Å². The molecule has 0 heterocycles. The summed E-state index contributed by atoms with van der Waals surface area (Å²) in [7, 11) is 0. The smallest absolute Gasteiger partial charge is 0.0725 e. The molecule has 0 radical (unpaired) electrons. The molecule has 0 amide bonds. The van der Waals surface area contributed by atoms with Crippen LogP contribution < -0.4 is 4.90 Å². The fourth-order valence-electron chi connectivity index (χ4n) is 11.6. The lowest BCUT2D eigenvalue weighted by atomic mass is 9.70. The Morgan fingerprint density at radius 1 is 0.424 bits per heavy atom. The third-order valence-electron chi connectivity index (χ3n) is 14.6. The molecule has 0 saturated carbocycles. The van der Waals surface area contributed by atoms with Crippen LogP contribution in [0.25, 0.3) is 61.2 Å². The lowest BCUT2D eigenvalue weighted by Crippen LogP contribution is -2.26. The number of benzene rings is 9. The van der Waals surface area contributed by atoms with Crippen LogP contribution >= 0.6 is 0 Å². The number of nitrogens with zero attached hydrogens (tertiary/aromatic N) is 1. The molecule has 0 aromatic heterocycles. The standard InChI is InChI=1S/C65H49N/c1-5-7-18-43(6-2)47-33-39-55-53-22-12-15-26-58(53)65(62(55)41-47)59-27-16-13-23-56(59)63-51(24-17-28-60(63)65)46-31-36-49(37-32-46)66(48-34-29-45(30-35-48)44-19-9-8-10-20-44)50-38-40-54-52-21-11-14-25-57(52)64(3,4)61(54)42-50/h5-42H,2H2,1,3-4H3/b7-5-,43-18+. The molecule has 9 aromatic rings. The number of fused-ring (bicyclic) bond motifs is 13. The van der Waals surface area contributed by atoms with Crippen molar-refractivity contribution in [2.24, 2.45) is 0 Å². The number of rotatable bonds is 8. The molecule has 12 rings (SSSR count). The fourth-order valence-corrected chi connectivity index (χ4v) is 11.6. The minimum absolute atomic E-state index is 0.116. The van der Waals surface area contributed by atoms with Crippen LogP contribution in [0.3, 0.4) is 0 Å². The van der Waals surface area contributed by atoms with Gasteiger partial charge >= 0.3 is 0 Å². The average Bonchev–Trinajstić information content (AvgIpc) is 3.93. The molecule has 0 N–H and O–H groups in total. The van der Waals surface area contributed by atoms with E-state index in [0.29, 0.717) is 0 Å². The zero-order valence-electron chi connectivity index (χ0n) is 37.6. The average molecular weight is 844 g/mol. The molecule has 3 aliphatic carbocycles. The van der Waals surface area contributed by atoms with Crippen molar-refractivity contribution in [3.8, 4) is 55.6 Å². The van der Waals surface area contributed by atoms with Gasteiger partial charge in [-0.25, -0.2) is 0 Å². The van der Waals surface area contributed by atoms with E-state index in [1.54, 1.807) is 0 Å². The van der Waals surface area contributed by atoms with Crippen molar-refractivity contribution in [3.05, 3.63) is 276 Å². The maximum atomic E-state index is 4.22. The topological polar surface area (TPSA) is 3.24 Å². The highest BCUT2D eigenvalue weighted by atomic mass is 15.1. The lowest BCUT2D eigenvalue weighted by molar-refractivity contribution is 0.660. The van der Waals surface area contributed by atoms with Gasteiger partial charge in [-0.1, -0.05) is 209 Å². The number of anilines is 3. The van der Waals surface area contributed by atoms with Gasteiger partial charge in [0.05, 0.1) is 5.41 Å². The van der Waals surface area contributed by atoms with Gasteiger partial charge < -0.3 is 4.90 Å². The van der Waals surface area contributed by atoms with Gasteiger partial charge in [0.25, 0.3) is 0 Å². The maximum absolute atomic E-state index is 4.22. The second-order valence-electron chi connectivity index (χ2n) is 18.4. The van der Waals surface area contributed by atoms with Crippen LogP contribution in [-0.2, 0) is 10.8 Å². The molecule has 1 nitrogen and oxygen atoms in total. The summed E-state index contributed by atoms with van der Waals surface area (Å²) in [5, 5.41) is 0. The molecule has 0 fully saturated rings. The van der Waals surface area contributed by atoms with E-state index < -0.39 is 5.41 Å². The molecule has 66 heavy (non-hydrogen) atoms. The monoisotopic (exact) mass is 843 g/mol. The van der Waals surface area contributed by atoms with Crippen molar-refractivity contribution >= 4 is 22.6 Å². The van der Waals surface area contributed by atoms with Crippen LogP contribution in [0, 0.1) is 0 Å². The molecule has 1 atom stereocenters. The van der Waals surface area contributed by atoms with Gasteiger partial charge in [0, 0.05) is 22.5 Å². The summed E-state index contributed by atoms with van der Waals surface area (Å²) in [5.74, 6) is 0. The molecule has 0 saturated heterocycles. The normalized spacial score (nSPS) is 15.8. The summed E-state index contributed by atoms with van der Waals surface area (Å²) in [6.45, 7) is 11.0. The Bertz CT molecular complexity index is 3450. The second kappa shape index (κ2) is 15.3. The first-order valence-corrected chi connectivity index (χ1v) is 23.2. The Labute approximate surface area is 389 Å². The summed E-state index contributed by atoms with van der Waals surface area (Å²) in [6, 6.07) is 77.0. The fraction of sp³-hybridized carbons (Fsp3) is 0.0769. The highest BCUT2D eigenvalue weighted by Gasteiger charge is 2.52. The Hall–Kier alpha value is -8.00. The van der Waals surface area contributed by atoms with Gasteiger partial charge in [-0.3, -0.25) is 0 Å². The molecular formula is C65H49N. The van der Waals surface area contributed by atoms with E-state index in [1.165, 1.54) is 94.6 Å². The summed E-state index contributed by atoms with van der Waals surface area (Å²) < 4.78 is 0. The maximum Gasteiger partial charge on any atom is 0.0725 e. The van der Waals surface area contributed by atoms with Crippen LogP contribution in [0.4, 0.5) is 17.1 Å². The van der Waals surface area contributed by atoms with Crippen molar-refractivity contribution in [1.29, 1.82) is 0 Å². The summed E-state index contributed by atoms with van der Waals surface area (Å²) >= 11 is 0. The van der Waals surface area contributed by atoms with E-state index in [9.17, 15) is 0 Å². The minimum atomic E-state index is -0.472. The van der Waals surface area contributed by atoms with Gasteiger partial charge in [0.1, 0.15) is 0 Å². The summed E-state index contributed by atoms with van der Waals surface area (Å²) in [4.78, 5) is 2.42. The third-order valence-corrected chi connectivity index (χ3v) is 14.6. The molecule has 1 spiro atoms. The zero-order chi connectivity index (χ0) is 44.6. The molecule has 1 heteroatoms. The van der Waals surface area contributed by atoms with Crippen molar-refractivity contribution in [3.63, 3.8) is 0 Å². The summed E-state index contributed by atoms with van der Waals surface area (Å²) in [6.07, 6.45) is 8.30. The largest absolute Gasteiger partial charge is 0.310 e. The van der Waals surface area contributed by atoms with Crippen molar-refractivity contribution in [2.75, 3.05) is 4.90 Å². The first-order valence-electron chi connectivity index (χ1n) is 23.2. The SMILES string of the molecule is C=C/C(=C\C=C/C)c1ccc2c(c1)C1(c3ccccc3-2)c2ccccc2-c2c(-c3ccc(N(c4ccc(-c5ccccc5)cc4)c4ccc5c(c4)C(C)(C)c4ccccc4-5)cc3)cccc21. The Morgan fingerprint density at radius 3 is 1.64 bits per heavy atom. The first-order chi connectivity index (χ1) is 32.4. The van der Waals surface area contributed by atoms with Gasteiger partial charge in [0.15, 0.2) is 0 Å². The summed E-state index contributed by atoms with van der Waals surface area (Å²) in [5.41, 5.74) is 25.8. The minimum Gasteiger partial charge on any atom is -0.310 e. The van der Waals surface area contributed by atoms with E-state index in [0.717, 1.165) is 22.6 Å². The van der Waals surface area contributed by atoms with Crippen molar-refractivity contribution < 1.29 is 0 Å². The third kappa shape index (κ3) is 5.79. The highest BCUT2D eigenvalue weighted by Crippen LogP contribution is 2.64. The van der Waals surface area contributed by atoms with Crippen LogP contribution in [0.2, 0.25) is 0 Å². The van der Waals surface area contributed by atoms with Crippen molar-refractivity contribution in [1.82, 2.24) is 0 Å². The molecule has 0 bridgehead atoms. The zero-order valence-corrected chi connectivity index (χ0v) is 37.6. The predicted molar refractivity (Wildman–Crippen MR) is 279 cm³/mol. The first kappa shape index (κ1) is 39.6. The van der Waals surface area contributed by atoms with E-state index in [2.05, 4.69) is 257 Å². The predicted octanol–water partition coefficient (Wildman–Crippen LogP) is 17.3. The molecular weight excluding hydrogens is 795 g/mol. The van der Waals surface area contributed by atoms with E-state index >= 15 is 0 Å². The lowest BCUT2D eigenvalue weighted by Gasteiger charge is -2.31. The molecule has 3 aliphatic rings. The molecule has 1 unspecified atom stereocenters. The van der Waals surface area contributed by atoms with Crippen LogP contribution in [0.1, 0.15) is 59.7 Å². The van der Waals surface area contributed by atoms with E-state index in [-0.39, 0.29) is 5.41 Å².